The van der Waals surface area contributed by atoms with Gasteiger partial charge in [-0.25, -0.2) is 22.4 Å². The Balaban J connectivity index is 1.46. The molecule has 192 valence electrons. The highest BCUT2D eigenvalue weighted by Gasteiger charge is 2.30. The lowest BCUT2D eigenvalue weighted by atomic mass is 10.0. The number of methoxy groups -OCH3 is 2. The quantitative estimate of drug-likeness (QED) is 0.372. The molecule has 0 unspecified atom stereocenters. The first-order valence-electron chi connectivity index (χ1n) is 11.7. The molecule has 1 aliphatic heterocycles. The van der Waals surface area contributed by atoms with Gasteiger partial charge in [-0.1, -0.05) is 11.3 Å². The zero-order chi connectivity index (χ0) is 25.2. The fraction of sp³-hybridized carbons (Fsp3) is 0.478. The highest BCUT2D eigenvalue weighted by Crippen LogP contribution is 2.35. The summed E-state index contributed by atoms with van der Waals surface area (Å²) in [7, 11) is 3.05. The first kappa shape index (κ1) is 24.3. The second-order valence-corrected chi connectivity index (χ2v) is 8.64. The van der Waals surface area contributed by atoms with Crippen LogP contribution in [0.5, 0.6) is 5.88 Å². The van der Waals surface area contributed by atoms with Gasteiger partial charge in [-0.2, -0.15) is 4.98 Å². The molecule has 36 heavy (non-hydrogen) atoms. The summed E-state index contributed by atoms with van der Waals surface area (Å²) in [4.78, 5) is 6.41. The standard InChI is InChI=1S/C23H27F3N8O2/c1-35-10-9-32-7-5-17(15(25)12-32)27-23-28-22(36-2)21-20(16(26)13-34(21)30-23)14-3-4-18-19(11-14)33(8-6-24)31-29-18/h3-4,11,13,15,17H,5-10,12H2,1-2H3,(H,27,30)/t15-,17+/m0/s1. The van der Waals surface area contributed by atoms with Crippen LogP contribution < -0.4 is 10.1 Å². The smallest absolute Gasteiger partial charge is 0.244 e. The maximum absolute atomic E-state index is 15.2. The van der Waals surface area contributed by atoms with Crippen LogP contribution in [0.25, 0.3) is 27.7 Å². The molecule has 10 nitrogen and oxygen atoms in total. The molecule has 0 radical (unpaired) electrons. The molecule has 0 aliphatic carbocycles. The maximum Gasteiger partial charge on any atom is 0.244 e. The summed E-state index contributed by atoms with van der Waals surface area (Å²) in [6.45, 7) is 1.64. The fourth-order valence-corrected chi connectivity index (χ4v) is 4.58. The summed E-state index contributed by atoms with van der Waals surface area (Å²) in [5.74, 6) is -0.271. The molecule has 0 amide bonds. The summed E-state index contributed by atoms with van der Waals surface area (Å²) in [6.07, 6.45) is 0.648. The van der Waals surface area contributed by atoms with Crippen molar-refractivity contribution in [2.75, 3.05) is 52.5 Å². The minimum absolute atomic E-state index is 0.0429. The summed E-state index contributed by atoms with van der Waals surface area (Å²) < 4.78 is 56.3. The number of aromatic nitrogens is 6. The minimum Gasteiger partial charge on any atom is -0.479 e. The van der Waals surface area contributed by atoms with Crippen LogP contribution in [0.4, 0.5) is 19.1 Å². The number of nitrogens with one attached hydrogen (secondary N) is 1. The van der Waals surface area contributed by atoms with E-state index in [4.69, 9.17) is 9.47 Å². The Morgan fingerprint density at radius 3 is 2.83 bits per heavy atom. The largest absolute Gasteiger partial charge is 0.479 e. The van der Waals surface area contributed by atoms with Crippen LogP contribution in [0.3, 0.4) is 0 Å². The van der Waals surface area contributed by atoms with Gasteiger partial charge >= 0.3 is 0 Å². The van der Waals surface area contributed by atoms with Crippen molar-refractivity contribution in [3.8, 4) is 17.0 Å². The average Bonchev–Trinajstić information content (AvgIpc) is 3.43. The lowest BCUT2D eigenvalue weighted by Gasteiger charge is -2.34. The molecule has 1 aliphatic rings. The number of hydrogen-bond donors (Lipinski definition) is 1. The molecule has 0 spiro atoms. The molecule has 4 heterocycles. The summed E-state index contributed by atoms with van der Waals surface area (Å²) in [5, 5.41) is 15.4. The number of piperidine rings is 1. The van der Waals surface area contributed by atoms with E-state index in [0.717, 1.165) is 0 Å². The van der Waals surface area contributed by atoms with E-state index in [1.807, 2.05) is 4.90 Å². The van der Waals surface area contributed by atoms with E-state index in [1.165, 1.54) is 22.5 Å². The predicted molar refractivity (Wildman–Crippen MR) is 127 cm³/mol. The molecule has 0 saturated carbocycles. The first-order valence-corrected chi connectivity index (χ1v) is 11.7. The van der Waals surface area contributed by atoms with Gasteiger partial charge in [0.25, 0.3) is 0 Å². The molecule has 1 aromatic carbocycles. The van der Waals surface area contributed by atoms with Gasteiger partial charge in [-0.3, -0.25) is 4.90 Å². The number of fused-ring (bicyclic) bond motifs is 2. The second-order valence-electron chi connectivity index (χ2n) is 8.64. The number of ether oxygens (including phenoxy) is 2. The molecular formula is C23H27F3N8O2. The van der Waals surface area contributed by atoms with Crippen LogP contribution in [0.2, 0.25) is 0 Å². The van der Waals surface area contributed by atoms with E-state index in [9.17, 15) is 8.78 Å². The van der Waals surface area contributed by atoms with Crippen LogP contribution >= 0.6 is 0 Å². The number of benzene rings is 1. The molecule has 1 fully saturated rings. The van der Waals surface area contributed by atoms with E-state index in [0.29, 0.717) is 48.2 Å². The van der Waals surface area contributed by atoms with Gasteiger partial charge in [-0.15, -0.1) is 10.2 Å². The van der Waals surface area contributed by atoms with Gasteiger partial charge in [0.05, 0.1) is 43.6 Å². The molecule has 4 aromatic rings. The average molecular weight is 505 g/mol. The number of alkyl halides is 2. The zero-order valence-electron chi connectivity index (χ0n) is 20.0. The van der Waals surface area contributed by atoms with Gasteiger partial charge in [0.2, 0.25) is 11.8 Å². The molecule has 5 rings (SSSR count). The van der Waals surface area contributed by atoms with Crippen molar-refractivity contribution in [2.45, 2.75) is 25.2 Å². The minimum atomic E-state index is -1.13. The Hall–Kier alpha value is -3.45. The van der Waals surface area contributed by atoms with E-state index in [-0.39, 0.29) is 30.5 Å². The lowest BCUT2D eigenvalue weighted by molar-refractivity contribution is 0.0918. The monoisotopic (exact) mass is 504 g/mol. The SMILES string of the molecule is COCCN1CC[C@@H](Nc2nc(OC)c3c(-c4ccc5nnn(CCF)c5c4)c(F)cn3n2)[C@@H](F)C1. The van der Waals surface area contributed by atoms with Crippen LogP contribution in [-0.2, 0) is 11.3 Å². The van der Waals surface area contributed by atoms with Crippen molar-refractivity contribution in [1.82, 2.24) is 34.5 Å². The van der Waals surface area contributed by atoms with Crippen molar-refractivity contribution >= 4 is 22.5 Å². The van der Waals surface area contributed by atoms with Crippen LogP contribution in [0, 0.1) is 5.82 Å². The Labute approximate surface area is 205 Å². The highest BCUT2D eigenvalue weighted by atomic mass is 19.1. The topological polar surface area (TPSA) is 94.6 Å². The molecular weight excluding hydrogens is 477 g/mol. The van der Waals surface area contributed by atoms with Gasteiger partial charge in [0.15, 0.2) is 5.82 Å². The summed E-state index contributed by atoms with van der Waals surface area (Å²) in [5.41, 5.74) is 2.20. The maximum atomic E-state index is 15.2. The molecule has 0 bridgehead atoms. The Morgan fingerprint density at radius 2 is 2.08 bits per heavy atom. The van der Waals surface area contributed by atoms with Crippen LogP contribution in [-0.4, -0.2) is 93.8 Å². The van der Waals surface area contributed by atoms with E-state index in [2.05, 4.69) is 25.7 Å². The summed E-state index contributed by atoms with van der Waals surface area (Å²) in [6, 6.07) is 4.60. The number of hydrogen-bond acceptors (Lipinski definition) is 8. The number of anilines is 1. The van der Waals surface area contributed by atoms with Crippen molar-refractivity contribution in [1.29, 1.82) is 0 Å². The third-order valence-electron chi connectivity index (χ3n) is 6.40. The normalized spacial score (nSPS) is 18.8. The van der Waals surface area contributed by atoms with Gasteiger partial charge in [0.1, 0.15) is 23.9 Å². The number of rotatable bonds is 9. The van der Waals surface area contributed by atoms with Crippen molar-refractivity contribution in [3.63, 3.8) is 0 Å². The number of likely N-dealkylation sites (tertiary alicyclic amines) is 1. The number of nitrogens with zero attached hydrogens (tertiary/aromatic N) is 7. The second kappa shape index (κ2) is 10.3. The van der Waals surface area contributed by atoms with Crippen molar-refractivity contribution in [2.24, 2.45) is 0 Å². The molecule has 1 N–H and O–H groups in total. The highest BCUT2D eigenvalue weighted by molar-refractivity contribution is 5.89. The van der Waals surface area contributed by atoms with Gasteiger partial charge in [-0.05, 0) is 24.1 Å². The molecule has 3 aromatic heterocycles. The molecule has 2 atom stereocenters. The van der Waals surface area contributed by atoms with Crippen molar-refractivity contribution in [3.05, 3.63) is 30.2 Å². The van der Waals surface area contributed by atoms with Crippen LogP contribution in [0.1, 0.15) is 6.42 Å². The Morgan fingerprint density at radius 1 is 1.22 bits per heavy atom. The number of aryl methyl sites for hydroxylation is 1. The van der Waals surface area contributed by atoms with Crippen molar-refractivity contribution < 1.29 is 22.6 Å². The first-order chi connectivity index (χ1) is 17.5. The third-order valence-corrected chi connectivity index (χ3v) is 6.40. The predicted octanol–water partition coefficient (Wildman–Crippen LogP) is 2.73. The van der Waals surface area contributed by atoms with E-state index in [1.54, 1.807) is 25.3 Å². The third kappa shape index (κ3) is 4.55. The molecule has 1 saturated heterocycles. The number of halogens is 3. The fourth-order valence-electron chi connectivity index (χ4n) is 4.58. The van der Waals surface area contributed by atoms with Crippen LogP contribution in [0.15, 0.2) is 24.4 Å². The van der Waals surface area contributed by atoms with Gasteiger partial charge < -0.3 is 14.8 Å². The van der Waals surface area contributed by atoms with E-state index < -0.39 is 24.7 Å². The Kier molecular flexibility index (Phi) is 6.92. The summed E-state index contributed by atoms with van der Waals surface area (Å²) >= 11 is 0. The van der Waals surface area contributed by atoms with E-state index >= 15 is 4.39 Å². The van der Waals surface area contributed by atoms with Gasteiger partial charge in [0, 0.05) is 26.7 Å². The lowest BCUT2D eigenvalue weighted by Crippen LogP contribution is -2.48. The molecule has 13 heteroatoms. The Bertz CT molecular complexity index is 1360. The zero-order valence-corrected chi connectivity index (χ0v) is 20.0.